The Kier molecular flexibility index (Phi) is 4.95. The van der Waals surface area contributed by atoms with Gasteiger partial charge in [0.1, 0.15) is 11.6 Å². The van der Waals surface area contributed by atoms with Crippen LogP contribution in [0.25, 0.3) is 16.9 Å². The fourth-order valence-corrected chi connectivity index (χ4v) is 4.43. The monoisotopic (exact) mass is 446 g/mol. The van der Waals surface area contributed by atoms with Crippen LogP contribution in [0.5, 0.6) is 11.5 Å². The molecule has 1 N–H and O–H groups in total. The van der Waals surface area contributed by atoms with Gasteiger partial charge in [-0.2, -0.15) is 10.4 Å². The van der Waals surface area contributed by atoms with Gasteiger partial charge in [0, 0.05) is 28.8 Å². The Hall–Kier alpha value is -3.97. The van der Waals surface area contributed by atoms with Crippen molar-refractivity contribution in [2.75, 3.05) is 12.1 Å². The van der Waals surface area contributed by atoms with E-state index < -0.39 is 0 Å². The molecule has 9 nitrogen and oxygen atoms in total. The van der Waals surface area contributed by atoms with Crippen LogP contribution in [0.1, 0.15) is 28.9 Å². The molecule has 0 saturated heterocycles. The number of ether oxygens (including phenoxy) is 2. The molecular formula is C22H18N6O3S. The van der Waals surface area contributed by atoms with E-state index in [1.165, 1.54) is 17.5 Å². The van der Waals surface area contributed by atoms with Crippen LogP contribution in [0.3, 0.4) is 0 Å². The number of nitriles is 1. The summed E-state index contributed by atoms with van der Waals surface area (Å²) in [5.41, 5.74) is 5.24. The van der Waals surface area contributed by atoms with Crippen LogP contribution < -0.4 is 14.8 Å². The van der Waals surface area contributed by atoms with Crippen LogP contribution in [0.4, 0.5) is 5.13 Å². The van der Waals surface area contributed by atoms with Gasteiger partial charge in [0.05, 0.1) is 11.9 Å². The van der Waals surface area contributed by atoms with E-state index >= 15 is 0 Å². The molecule has 4 aromatic rings. The molecule has 0 bridgehead atoms. The lowest BCUT2D eigenvalue weighted by Crippen LogP contribution is -2.14. The fraction of sp³-hybridized carbons (Fsp3) is 0.227. The number of hydrogen-bond donors (Lipinski definition) is 1. The van der Waals surface area contributed by atoms with Gasteiger partial charge in [0.25, 0.3) is 0 Å². The van der Waals surface area contributed by atoms with Gasteiger partial charge in [-0.15, -0.1) is 11.3 Å². The second-order valence-electron chi connectivity index (χ2n) is 7.32. The van der Waals surface area contributed by atoms with Gasteiger partial charge in [-0.3, -0.25) is 4.79 Å². The zero-order valence-electron chi connectivity index (χ0n) is 17.4. The molecule has 0 spiro atoms. The average molecular weight is 446 g/mol. The average Bonchev–Trinajstić information content (AvgIpc) is 3.52. The number of carbonyl (C=O) groups is 1. The normalized spacial score (nSPS) is 12.2. The highest BCUT2D eigenvalue weighted by Crippen LogP contribution is 2.36. The molecule has 0 radical (unpaired) electrons. The van der Waals surface area contributed by atoms with E-state index in [0.29, 0.717) is 28.5 Å². The number of thiazole rings is 1. The number of carbonyl (C=O) groups excluding carboxylic acids is 1. The van der Waals surface area contributed by atoms with Crippen molar-refractivity contribution in [2.24, 2.45) is 0 Å². The number of amides is 1. The molecule has 1 aromatic carbocycles. The minimum Gasteiger partial charge on any atom is -0.454 e. The van der Waals surface area contributed by atoms with E-state index in [-0.39, 0.29) is 19.1 Å². The van der Waals surface area contributed by atoms with Gasteiger partial charge in [-0.25, -0.2) is 14.5 Å². The number of hydrogen-bond acceptors (Lipinski definition) is 8. The van der Waals surface area contributed by atoms with Crippen LogP contribution in [0, 0.1) is 25.2 Å². The summed E-state index contributed by atoms with van der Waals surface area (Å²) in [5.74, 6) is 1.28. The Morgan fingerprint density at radius 1 is 1.28 bits per heavy atom. The minimum atomic E-state index is -0.131. The van der Waals surface area contributed by atoms with Crippen LogP contribution in [0.15, 0.2) is 29.8 Å². The third-order valence-electron chi connectivity index (χ3n) is 5.35. The van der Waals surface area contributed by atoms with Crippen LogP contribution >= 0.6 is 11.3 Å². The maximum absolute atomic E-state index is 12.6. The third kappa shape index (κ3) is 3.52. The summed E-state index contributed by atoms with van der Waals surface area (Å²) in [5, 5.41) is 18.7. The number of aromatic nitrogens is 4. The first kappa shape index (κ1) is 20.0. The molecule has 1 amide bonds. The largest absolute Gasteiger partial charge is 0.454 e. The Bertz CT molecular complexity index is 1400. The summed E-state index contributed by atoms with van der Waals surface area (Å²) in [6.45, 7) is 4.02. The van der Waals surface area contributed by atoms with Crippen molar-refractivity contribution in [1.82, 2.24) is 19.6 Å². The highest BCUT2D eigenvalue weighted by Gasteiger charge is 2.17. The number of fused-ring (bicyclic) bond motifs is 2. The summed E-state index contributed by atoms with van der Waals surface area (Å²) in [6.07, 6.45) is 2.29. The van der Waals surface area contributed by atoms with Crippen molar-refractivity contribution >= 4 is 28.0 Å². The highest BCUT2D eigenvalue weighted by atomic mass is 32.1. The minimum absolute atomic E-state index is 0.131. The van der Waals surface area contributed by atoms with Gasteiger partial charge in [-0.1, -0.05) is 0 Å². The zero-order chi connectivity index (χ0) is 22.2. The van der Waals surface area contributed by atoms with Crippen LogP contribution in [-0.2, 0) is 11.2 Å². The van der Waals surface area contributed by atoms with Crippen molar-refractivity contribution in [3.8, 4) is 28.8 Å². The zero-order valence-corrected chi connectivity index (χ0v) is 18.2. The topological polar surface area (TPSA) is 114 Å². The van der Waals surface area contributed by atoms with E-state index in [1.54, 1.807) is 4.52 Å². The second-order valence-corrected chi connectivity index (χ2v) is 8.18. The third-order valence-corrected chi connectivity index (χ3v) is 6.11. The molecule has 5 rings (SSSR count). The van der Waals surface area contributed by atoms with Gasteiger partial charge in [0.2, 0.25) is 12.7 Å². The first-order chi connectivity index (χ1) is 15.5. The molecule has 4 heterocycles. The summed E-state index contributed by atoms with van der Waals surface area (Å²) in [6, 6.07) is 7.74. The fourth-order valence-electron chi connectivity index (χ4n) is 3.69. The standard InChI is InChI=1S/C22H18N6O3S/c1-12-16(13(2)28-21(25-12)15(8-23)9-24-28)4-6-20(29)27-22-26-17(10-32-22)14-3-5-18-19(7-14)31-11-30-18/h3,5,7,9-10H,4,6,11H2,1-2H3,(H,26,27,29). The summed E-state index contributed by atoms with van der Waals surface area (Å²) < 4.78 is 12.4. The summed E-state index contributed by atoms with van der Waals surface area (Å²) >= 11 is 1.37. The first-order valence-corrected chi connectivity index (χ1v) is 10.8. The molecule has 160 valence electrons. The predicted octanol–water partition coefficient (Wildman–Crippen LogP) is 3.64. The van der Waals surface area contributed by atoms with E-state index in [0.717, 1.165) is 34.0 Å². The van der Waals surface area contributed by atoms with E-state index in [9.17, 15) is 10.1 Å². The van der Waals surface area contributed by atoms with Gasteiger partial charge < -0.3 is 14.8 Å². The number of benzene rings is 1. The van der Waals surface area contributed by atoms with Crippen molar-refractivity contribution < 1.29 is 14.3 Å². The molecule has 32 heavy (non-hydrogen) atoms. The predicted molar refractivity (Wildman–Crippen MR) is 118 cm³/mol. The molecule has 0 saturated carbocycles. The Morgan fingerprint density at radius 3 is 2.97 bits per heavy atom. The van der Waals surface area contributed by atoms with Crippen molar-refractivity contribution in [1.29, 1.82) is 5.26 Å². The Morgan fingerprint density at radius 2 is 2.12 bits per heavy atom. The number of rotatable bonds is 5. The van der Waals surface area contributed by atoms with E-state index in [1.807, 2.05) is 37.4 Å². The number of anilines is 1. The lowest BCUT2D eigenvalue weighted by atomic mass is 10.1. The second kappa shape index (κ2) is 7.94. The van der Waals surface area contributed by atoms with E-state index in [4.69, 9.17) is 9.47 Å². The molecular weight excluding hydrogens is 428 g/mol. The van der Waals surface area contributed by atoms with Gasteiger partial charge >= 0.3 is 0 Å². The quantitative estimate of drug-likeness (QED) is 0.498. The SMILES string of the molecule is Cc1nc2c(C#N)cnn2c(C)c1CCC(=O)Nc1nc(-c2ccc3c(c2)OCO3)cs1. The van der Waals surface area contributed by atoms with Crippen molar-refractivity contribution in [3.63, 3.8) is 0 Å². The number of nitrogens with one attached hydrogen (secondary N) is 1. The van der Waals surface area contributed by atoms with Crippen LogP contribution in [0.2, 0.25) is 0 Å². The van der Waals surface area contributed by atoms with Gasteiger partial charge in [-0.05, 0) is 44.0 Å². The summed E-state index contributed by atoms with van der Waals surface area (Å²) in [4.78, 5) is 21.6. The molecule has 0 fully saturated rings. The Labute approximate surface area is 187 Å². The molecule has 0 aliphatic carbocycles. The maximum Gasteiger partial charge on any atom is 0.231 e. The smallest absolute Gasteiger partial charge is 0.231 e. The highest BCUT2D eigenvalue weighted by molar-refractivity contribution is 7.14. The van der Waals surface area contributed by atoms with Crippen molar-refractivity contribution in [2.45, 2.75) is 26.7 Å². The molecule has 3 aromatic heterocycles. The molecule has 1 aliphatic heterocycles. The first-order valence-electron chi connectivity index (χ1n) is 9.93. The maximum atomic E-state index is 12.6. The molecule has 0 unspecified atom stereocenters. The van der Waals surface area contributed by atoms with Crippen molar-refractivity contribution in [3.05, 3.63) is 52.3 Å². The lowest BCUT2D eigenvalue weighted by molar-refractivity contribution is -0.116. The molecule has 0 atom stereocenters. The number of aryl methyl sites for hydroxylation is 2. The lowest BCUT2D eigenvalue weighted by Gasteiger charge is -2.11. The Balaban J connectivity index is 1.27. The van der Waals surface area contributed by atoms with Crippen LogP contribution in [-0.4, -0.2) is 32.3 Å². The van der Waals surface area contributed by atoms with Gasteiger partial charge in [0.15, 0.2) is 22.3 Å². The number of nitrogens with zero attached hydrogens (tertiary/aromatic N) is 5. The van der Waals surface area contributed by atoms with E-state index in [2.05, 4.69) is 26.5 Å². The summed E-state index contributed by atoms with van der Waals surface area (Å²) in [7, 11) is 0. The molecule has 1 aliphatic rings. The molecule has 10 heteroatoms.